The van der Waals surface area contributed by atoms with Crippen LogP contribution in [0.3, 0.4) is 0 Å². The molecule has 49 heavy (non-hydrogen) atoms. The normalized spacial score (nSPS) is 18.2. The average molecular weight is 678 g/mol. The second-order valence-corrected chi connectivity index (χ2v) is 12.4. The molecule has 6 rings (SSSR count). The number of carbonyl (C=O) groups is 2. The monoisotopic (exact) mass is 677 g/mol. The van der Waals surface area contributed by atoms with Crippen molar-refractivity contribution < 1.29 is 37.7 Å². The molecule has 2 fully saturated rings. The number of ether oxygens (including phenoxy) is 1. The van der Waals surface area contributed by atoms with E-state index in [0.717, 1.165) is 6.08 Å². The molecular formula is C34H34F3N7O5. The number of benzene rings is 2. The van der Waals surface area contributed by atoms with Crippen molar-refractivity contribution in [1.82, 2.24) is 25.1 Å². The minimum absolute atomic E-state index is 0.147. The Labute approximate surface area is 279 Å². The Hall–Kier alpha value is -5.44. The average Bonchev–Trinajstić information content (AvgIpc) is 3.68. The summed E-state index contributed by atoms with van der Waals surface area (Å²) in [4.78, 5) is 32.5. The molecule has 12 nitrogen and oxygen atoms in total. The minimum Gasteiger partial charge on any atom is -0.480 e. The van der Waals surface area contributed by atoms with Gasteiger partial charge in [-0.15, -0.1) is 0 Å². The summed E-state index contributed by atoms with van der Waals surface area (Å²) in [6.07, 6.45) is -1.55. The highest BCUT2D eigenvalue weighted by molar-refractivity contribution is 5.85. The molecule has 0 saturated carbocycles. The van der Waals surface area contributed by atoms with E-state index in [4.69, 9.17) is 15.6 Å². The van der Waals surface area contributed by atoms with Crippen molar-refractivity contribution in [2.45, 2.75) is 44.5 Å². The Bertz CT molecular complexity index is 1890. The number of nitrogen functional groups attached to an aromatic ring is 1. The summed E-state index contributed by atoms with van der Waals surface area (Å²) < 4.78 is 52.0. The third kappa shape index (κ3) is 7.51. The lowest BCUT2D eigenvalue weighted by Crippen LogP contribution is -2.41. The van der Waals surface area contributed by atoms with Gasteiger partial charge in [-0.05, 0) is 72.6 Å². The minimum atomic E-state index is -4.89. The van der Waals surface area contributed by atoms with E-state index in [9.17, 15) is 27.9 Å². The summed E-state index contributed by atoms with van der Waals surface area (Å²) in [7, 11) is 0. The number of hydrogen-bond acceptors (Lipinski definition) is 9. The molecule has 15 heteroatoms. The van der Waals surface area contributed by atoms with Crippen LogP contribution >= 0.6 is 0 Å². The Morgan fingerprint density at radius 3 is 2.39 bits per heavy atom. The van der Waals surface area contributed by atoms with Crippen LogP contribution in [0.2, 0.25) is 0 Å². The summed E-state index contributed by atoms with van der Waals surface area (Å²) in [5.74, 6) is -2.29. The highest BCUT2D eigenvalue weighted by Crippen LogP contribution is 2.43. The van der Waals surface area contributed by atoms with Crippen LogP contribution in [0.15, 0.2) is 66.9 Å². The van der Waals surface area contributed by atoms with Crippen LogP contribution in [0, 0.1) is 12.3 Å². The Morgan fingerprint density at radius 1 is 1.06 bits per heavy atom. The van der Waals surface area contributed by atoms with Crippen LogP contribution in [-0.4, -0.2) is 73.8 Å². The van der Waals surface area contributed by atoms with Gasteiger partial charge < -0.3 is 30.9 Å². The number of aromatic nitrogens is 4. The zero-order valence-corrected chi connectivity index (χ0v) is 26.4. The first-order valence-electron chi connectivity index (χ1n) is 15.6. The zero-order chi connectivity index (χ0) is 34.9. The molecule has 2 saturated heterocycles. The van der Waals surface area contributed by atoms with Crippen molar-refractivity contribution in [3.8, 4) is 22.7 Å². The number of piperidine rings is 1. The third-order valence-corrected chi connectivity index (χ3v) is 8.99. The predicted molar refractivity (Wildman–Crippen MR) is 174 cm³/mol. The van der Waals surface area contributed by atoms with Gasteiger partial charge in [0.1, 0.15) is 11.9 Å². The lowest BCUT2D eigenvalue weighted by molar-refractivity contribution is -0.198. The number of alkyl halides is 3. The molecule has 0 amide bonds. The van der Waals surface area contributed by atoms with E-state index in [1.165, 1.54) is 29.0 Å². The van der Waals surface area contributed by atoms with Gasteiger partial charge >= 0.3 is 18.1 Å². The van der Waals surface area contributed by atoms with Gasteiger partial charge in [-0.2, -0.15) is 28.2 Å². The first-order chi connectivity index (χ1) is 23.3. The number of halogens is 3. The molecular weight excluding hydrogens is 643 g/mol. The number of rotatable bonds is 9. The van der Waals surface area contributed by atoms with Crippen LogP contribution in [0.5, 0.6) is 5.88 Å². The molecule has 5 N–H and O–H groups in total. The maximum Gasteiger partial charge on any atom is 0.429 e. The van der Waals surface area contributed by atoms with E-state index in [0.29, 0.717) is 67.1 Å². The lowest BCUT2D eigenvalue weighted by Gasteiger charge is -2.39. The second-order valence-electron chi connectivity index (χ2n) is 12.4. The van der Waals surface area contributed by atoms with Crippen molar-refractivity contribution in [1.29, 1.82) is 0 Å². The Kier molecular flexibility index (Phi) is 9.03. The van der Waals surface area contributed by atoms with Gasteiger partial charge in [0.05, 0.1) is 11.4 Å². The molecule has 2 aliphatic rings. The smallest absolute Gasteiger partial charge is 0.429 e. The zero-order valence-electron chi connectivity index (χ0n) is 26.4. The molecule has 2 atom stereocenters. The summed E-state index contributed by atoms with van der Waals surface area (Å²) in [6, 6.07) is 13.7. The first kappa shape index (κ1) is 33.5. The Balaban J connectivity index is 1.31. The third-order valence-electron chi connectivity index (χ3n) is 8.99. The molecule has 0 radical (unpaired) electrons. The van der Waals surface area contributed by atoms with Crippen LogP contribution in [-0.2, 0) is 9.59 Å². The van der Waals surface area contributed by atoms with Crippen LogP contribution < -0.4 is 20.7 Å². The van der Waals surface area contributed by atoms with Crippen molar-refractivity contribution in [2.24, 2.45) is 5.41 Å². The first-order valence-corrected chi connectivity index (χ1v) is 15.6. The number of nitrogens with one attached hydrogen (secondary N) is 1. The van der Waals surface area contributed by atoms with E-state index in [1.807, 2.05) is 4.90 Å². The van der Waals surface area contributed by atoms with Crippen molar-refractivity contribution >= 4 is 29.8 Å². The molecule has 2 aromatic heterocycles. The van der Waals surface area contributed by atoms with E-state index < -0.39 is 30.3 Å². The lowest BCUT2D eigenvalue weighted by atomic mass is 9.76. The molecule has 2 aromatic carbocycles. The van der Waals surface area contributed by atoms with Gasteiger partial charge in [0, 0.05) is 43.5 Å². The summed E-state index contributed by atoms with van der Waals surface area (Å²) in [5.41, 5.74) is 8.02. The molecule has 1 unspecified atom stereocenters. The molecule has 0 aliphatic carbocycles. The van der Waals surface area contributed by atoms with Crippen molar-refractivity contribution in [3.63, 3.8) is 0 Å². The fourth-order valence-corrected chi connectivity index (χ4v) is 6.42. The largest absolute Gasteiger partial charge is 0.480 e. The van der Waals surface area contributed by atoms with E-state index in [-0.39, 0.29) is 28.5 Å². The maximum absolute atomic E-state index is 15.0. The standard InChI is InChI=1S/C34H34F3N7O5/c1-20-10-13-44(42-20)26-8-7-23(22-5-2-21(3-6-22)4-9-29(45)46)16-24(26)30(34(35,36)37)49-28-17-27(40-32(38)41-28)43-14-11-33(12-15-43)18-25(31(47)48)39-19-33/h2-10,13,16-17,25,30,39H,11-12,14-15,18-19H2,1H3,(H,45,46)(H,47,48)(H2,38,40,41)/b9-4+/t25?,30-/m1/s1. The summed E-state index contributed by atoms with van der Waals surface area (Å²) >= 11 is 0. The molecule has 1 spiro atoms. The van der Waals surface area contributed by atoms with E-state index >= 15 is 0 Å². The van der Waals surface area contributed by atoms with Gasteiger partial charge in [0.25, 0.3) is 0 Å². The SMILES string of the molecule is Cc1ccn(-c2ccc(-c3ccc(/C=C/C(=O)O)cc3)cc2[C@@H](Oc2cc(N3CCC4(CC3)CNC(C(=O)O)C4)nc(N)n2)C(F)(F)F)n1. The Morgan fingerprint density at radius 2 is 1.78 bits per heavy atom. The van der Waals surface area contributed by atoms with Crippen LogP contribution in [0.1, 0.15) is 42.2 Å². The maximum atomic E-state index is 15.0. The number of hydrogen-bond donors (Lipinski definition) is 4. The van der Waals surface area contributed by atoms with Crippen LogP contribution in [0.4, 0.5) is 24.9 Å². The molecule has 2 aliphatic heterocycles. The van der Waals surface area contributed by atoms with E-state index in [2.05, 4.69) is 20.4 Å². The van der Waals surface area contributed by atoms with Gasteiger partial charge in [-0.25, -0.2) is 9.48 Å². The van der Waals surface area contributed by atoms with Gasteiger partial charge in [-0.3, -0.25) is 4.79 Å². The number of aliphatic carboxylic acids is 2. The number of nitrogens with two attached hydrogens (primary N) is 1. The van der Waals surface area contributed by atoms with Crippen molar-refractivity contribution in [3.05, 3.63) is 83.7 Å². The number of anilines is 2. The highest BCUT2D eigenvalue weighted by atomic mass is 19.4. The number of aryl methyl sites for hydroxylation is 1. The number of carboxylic acids is 2. The fraction of sp³-hybridized carbons (Fsp3) is 0.324. The predicted octanol–water partition coefficient (Wildman–Crippen LogP) is 5.03. The molecule has 256 valence electrons. The molecule has 0 bridgehead atoms. The molecule has 4 heterocycles. The van der Waals surface area contributed by atoms with Crippen LogP contribution in [0.25, 0.3) is 22.9 Å². The summed E-state index contributed by atoms with van der Waals surface area (Å²) in [6.45, 7) is 3.31. The van der Waals surface area contributed by atoms with Gasteiger partial charge in [0.2, 0.25) is 17.9 Å². The summed E-state index contributed by atoms with van der Waals surface area (Å²) in [5, 5.41) is 25.7. The number of carboxylic acid groups (broad SMARTS) is 2. The second kappa shape index (κ2) is 13.2. The fourth-order valence-electron chi connectivity index (χ4n) is 6.42. The molecule has 4 aromatic rings. The topological polar surface area (TPSA) is 169 Å². The van der Waals surface area contributed by atoms with Crippen molar-refractivity contribution in [2.75, 3.05) is 30.3 Å². The number of nitrogens with zero attached hydrogens (tertiary/aromatic N) is 5. The highest BCUT2D eigenvalue weighted by Gasteiger charge is 2.46. The quantitative estimate of drug-likeness (QED) is 0.175. The van der Waals surface area contributed by atoms with E-state index in [1.54, 1.807) is 49.5 Å². The van der Waals surface area contributed by atoms with Gasteiger partial charge in [-0.1, -0.05) is 30.3 Å². The van der Waals surface area contributed by atoms with Gasteiger partial charge in [0.15, 0.2) is 0 Å².